The summed E-state index contributed by atoms with van der Waals surface area (Å²) in [6.45, 7) is 0. The SMILES string of the molecule is N=C1C(=O)Nc2c1ccc(Br)c2F. The Balaban J connectivity index is 2.70. The highest BCUT2D eigenvalue weighted by molar-refractivity contribution is 9.10. The summed E-state index contributed by atoms with van der Waals surface area (Å²) in [6.07, 6.45) is 0. The Hall–Kier alpha value is -1.23. The highest BCUT2D eigenvalue weighted by atomic mass is 79.9. The molecule has 0 unspecified atom stereocenters. The lowest BCUT2D eigenvalue weighted by Gasteiger charge is -2.00. The lowest BCUT2D eigenvalue weighted by molar-refractivity contribution is -0.110. The van der Waals surface area contributed by atoms with Crippen molar-refractivity contribution in [2.75, 3.05) is 5.32 Å². The maximum absolute atomic E-state index is 13.3. The molecule has 13 heavy (non-hydrogen) atoms. The molecule has 0 spiro atoms. The topological polar surface area (TPSA) is 53.0 Å². The van der Waals surface area contributed by atoms with Crippen LogP contribution in [0.1, 0.15) is 5.56 Å². The van der Waals surface area contributed by atoms with Crippen molar-refractivity contribution in [2.24, 2.45) is 0 Å². The summed E-state index contributed by atoms with van der Waals surface area (Å²) in [5.41, 5.74) is 0.205. The van der Waals surface area contributed by atoms with Gasteiger partial charge in [-0.25, -0.2) is 4.39 Å². The monoisotopic (exact) mass is 242 g/mol. The summed E-state index contributed by atoms with van der Waals surface area (Å²) in [5.74, 6) is -1.10. The molecule has 1 aromatic rings. The number of anilines is 1. The van der Waals surface area contributed by atoms with Gasteiger partial charge in [0.05, 0.1) is 10.2 Å². The molecule has 1 heterocycles. The van der Waals surface area contributed by atoms with E-state index in [0.29, 0.717) is 5.56 Å². The maximum Gasteiger partial charge on any atom is 0.274 e. The second-order valence-electron chi connectivity index (χ2n) is 2.61. The van der Waals surface area contributed by atoms with E-state index in [9.17, 15) is 9.18 Å². The van der Waals surface area contributed by atoms with Crippen LogP contribution in [-0.4, -0.2) is 11.6 Å². The van der Waals surface area contributed by atoms with Crippen molar-refractivity contribution < 1.29 is 9.18 Å². The first kappa shape index (κ1) is 8.37. The van der Waals surface area contributed by atoms with Gasteiger partial charge in [0.1, 0.15) is 5.71 Å². The molecule has 1 amide bonds. The largest absolute Gasteiger partial charge is 0.318 e. The number of benzene rings is 1. The van der Waals surface area contributed by atoms with Crippen molar-refractivity contribution >= 4 is 33.2 Å². The van der Waals surface area contributed by atoms with E-state index >= 15 is 0 Å². The van der Waals surface area contributed by atoms with Gasteiger partial charge in [-0.05, 0) is 28.1 Å². The van der Waals surface area contributed by atoms with Gasteiger partial charge in [-0.15, -0.1) is 0 Å². The Labute approximate surface area is 81.6 Å². The zero-order valence-corrected chi connectivity index (χ0v) is 7.90. The van der Waals surface area contributed by atoms with Gasteiger partial charge in [-0.2, -0.15) is 0 Å². The lowest BCUT2D eigenvalue weighted by atomic mass is 10.1. The molecule has 66 valence electrons. The number of hydrogen-bond donors (Lipinski definition) is 2. The molecule has 5 heteroatoms. The number of halogens is 2. The summed E-state index contributed by atoms with van der Waals surface area (Å²) < 4.78 is 13.6. The van der Waals surface area contributed by atoms with Crippen LogP contribution in [0.5, 0.6) is 0 Å². The molecule has 0 saturated carbocycles. The summed E-state index contributed by atoms with van der Waals surface area (Å²) in [4.78, 5) is 11.0. The standard InChI is InChI=1S/C8H4BrFN2O/c9-4-2-1-3-6(11)8(13)12-7(3)5(4)10/h1-2H,(H2,11,12,13). The molecular formula is C8H4BrFN2O. The minimum absolute atomic E-state index is 0.0874. The molecule has 0 aliphatic carbocycles. The number of carbonyl (C=O) groups is 1. The van der Waals surface area contributed by atoms with E-state index in [2.05, 4.69) is 21.2 Å². The Morgan fingerprint density at radius 1 is 1.46 bits per heavy atom. The number of rotatable bonds is 0. The highest BCUT2D eigenvalue weighted by Crippen LogP contribution is 2.30. The molecule has 0 aromatic heterocycles. The summed E-state index contributed by atoms with van der Waals surface area (Å²) in [7, 11) is 0. The summed E-state index contributed by atoms with van der Waals surface area (Å²) >= 11 is 2.99. The molecule has 1 aromatic carbocycles. The van der Waals surface area contributed by atoms with Crippen molar-refractivity contribution in [3.63, 3.8) is 0 Å². The molecule has 2 rings (SSSR count). The number of carbonyl (C=O) groups excluding carboxylic acids is 1. The van der Waals surface area contributed by atoms with Gasteiger partial charge < -0.3 is 5.32 Å². The van der Waals surface area contributed by atoms with Crippen LogP contribution in [-0.2, 0) is 4.79 Å². The molecule has 0 fully saturated rings. The van der Waals surface area contributed by atoms with E-state index in [1.54, 1.807) is 0 Å². The van der Waals surface area contributed by atoms with E-state index in [1.807, 2.05) is 0 Å². The Morgan fingerprint density at radius 2 is 2.15 bits per heavy atom. The molecule has 0 radical (unpaired) electrons. The van der Waals surface area contributed by atoms with Gasteiger partial charge in [0.15, 0.2) is 5.82 Å². The van der Waals surface area contributed by atoms with E-state index in [1.165, 1.54) is 12.1 Å². The van der Waals surface area contributed by atoms with Gasteiger partial charge in [0.25, 0.3) is 5.91 Å². The van der Waals surface area contributed by atoms with Crippen LogP contribution in [0.3, 0.4) is 0 Å². The minimum atomic E-state index is -0.563. The molecule has 1 aliphatic heterocycles. The normalized spacial score (nSPS) is 14.3. The number of fused-ring (bicyclic) bond motifs is 1. The third-order valence-electron chi connectivity index (χ3n) is 1.83. The second kappa shape index (κ2) is 2.63. The number of nitrogens with one attached hydrogen (secondary N) is 2. The zero-order valence-electron chi connectivity index (χ0n) is 6.32. The van der Waals surface area contributed by atoms with Crippen LogP contribution in [0, 0.1) is 11.2 Å². The van der Waals surface area contributed by atoms with Crippen LogP contribution in [0.2, 0.25) is 0 Å². The van der Waals surface area contributed by atoms with Crippen molar-refractivity contribution in [2.45, 2.75) is 0 Å². The van der Waals surface area contributed by atoms with Crippen molar-refractivity contribution in [1.82, 2.24) is 0 Å². The van der Waals surface area contributed by atoms with E-state index in [0.717, 1.165) is 0 Å². The zero-order chi connectivity index (χ0) is 9.59. The van der Waals surface area contributed by atoms with Crippen LogP contribution < -0.4 is 5.32 Å². The highest BCUT2D eigenvalue weighted by Gasteiger charge is 2.27. The van der Waals surface area contributed by atoms with E-state index in [4.69, 9.17) is 5.41 Å². The first-order chi connectivity index (χ1) is 6.11. The molecule has 0 atom stereocenters. The lowest BCUT2D eigenvalue weighted by Crippen LogP contribution is -2.12. The van der Waals surface area contributed by atoms with E-state index < -0.39 is 11.7 Å². The summed E-state index contributed by atoms with van der Waals surface area (Å²) in [5, 5.41) is 9.60. The number of amides is 1. The predicted octanol–water partition coefficient (Wildman–Crippen LogP) is 1.91. The molecule has 3 nitrogen and oxygen atoms in total. The van der Waals surface area contributed by atoms with Crippen molar-refractivity contribution in [1.29, 1.82) is 5.41 Å². The third kappa shape index (κ3) is 1.07. The van der Waals surface area contributed by atoms with Gasteiger partial charge in [-0.3, -0.25) is 10.2 Å². The molecular weight excluding hydrogens is 239 g/mol. The van der Waals surface area contributed by atoms with Crippen LogP contribution in [0.25, 0.3) is 0 Å². The first-order valence-corrected chi connectivity index (χ1v) is 4.29. The fourth-order valence-corrected chi connectivity index (χ4v) is 1.51. The van der Waals surface area contributed by atoms with Gasteiger partial charge in [0, 0.05) is 5.56 Å². The fourth-order valence-electron chi connectivity index (χ4n) is 1.18. The first-order valence-electron chi connectivity index (χ1n) is 3.49. The average Bonchev–Trinajstić information content (AvgIpc) is 2.38. The van der Waals surface area contributed by atoms with Crippen LogP contribution in [0.15, 0.2) is 16.6 Å². The fraction of sp³-hybridized carbons (Fsp3) is 0. The molecule has 1 aliphatic rings. The third-order valence-corrected chi connectivity index (χ3v) is 2.44. The molecule has 0 bridgehead atoms. The maximum atomic E-state index is 13.3. The minimum Gasteiger partial charge on any atom is -0.318 e. The Kier molecular flexibility index (Phi) is 1.69. The molecule has 2 N–H and O–H groups in total. The van der Waals surface area contributed by atoms with Crippen molar-refractivity contribution in [3.05, 3.63) is 28.0 Å². The Morgan fingerprint density at radius 3 is 2.85 bits per heavy atom. The van der Waals surface area contributed by atoms with Crippen LogP contribution in [0.4, 0.5) is 10.1 Å². The van der Waals surface area contributed by atoms with E-state index in [-0.39, 0.29) is 15.9 Å². The van der Waals surface area contributed by atoms with Gasteiger partial charge in [-0.1, -0.05) is 0 Å². The van der Waals surface area contributed by atoms with Gasteiger partial charge >= 0.3 is 0 Å². The number of hydrogen-bond acceptors (Lipinski definition) is 2. The quantitative estimate of drug-likeness (QED) is 0.718. The average molecular weight is 243 g/mol. The second-order valence-corrected chi connectivity index (χ2v) is 3.47. The van der Waals surface area contributed by atoms with Crippen molar-refractivity contribution in [3.8, 4) is 0 Å². The predicted molar refractivity (Wildman–Crippen MR) is 49.6 cm³/mol. The van der Waals surface area contributed by atoms with Crippen LogP contribution >= 0.6 is 15.9 Å². The molecule has 0 saturated heterocycles. The van der Waals surface area contributed by atoms with Gasteiger partial charge in [0.2, 0.25) is 0 Å². The smallest absolute Gasteiger partial charge is 0.274 e. The summed E-state index contributed by atoms with van der Waals surface area (Å²) in [6, 6.07) is 3.01. The Bertz CT molecular complexity index is 430.